The van der Waals surface area contributed by atoms with Gasteiger partial charge >= 0.3 is 16.4 Å². The van der Waals surface area contributed by atoms with E-state index in [1.807, 2.05) is 0 Å². The van der Waals surface area contributed by atoms with Gasteiger partial charge in [-0.1, -0.05) is 175 Å². The molecule has 1 aromatic carbocycles. The van der Waals surface area contributed by atoms with E-state index in [2.05, 4.69) is 20.8 Å². The standard InChI is InChI=1S/C48H85NO12S/c1-5-8-11-14-17-20-21-22-23-26-29-32-43(51)58-47-44(48(4,61-49)59-42(38-50)46(47)60-62(53,54)55)45(52)39-33-34-40(56-35-30-27-24-18-15-12-9-6-2)41(37-39)57-36-31-28-25-19-16-13-10-7-3/h33-34,37,42,44,46-47,50H,5-32,35-36,38,49H2,1-4H3,(H,53,54,55)/t42-,44-,46-,47-,48-/m1/s1. The smallest absolute Gasteiger partial charge is 0.397 e. The van der Waals surface area contributed by atoms with Crippen molar-refractivity contribution >= 4 is 22.2 Å². The molecule has 1 aromatic rings. The van der Waals surface area contributed by atoms with Gasteiger partial charge in [0.05, 0.1) is 19.8 Å². The van der Waals surface area contributed by atoms with Gasteiger partial charge in [-0.2, -0.15) is 8.42 Å². The van der Waals surface area contributed by atoms with Crippen molar-refractivity contribution in [2.75, 3.05) is 19.8 Å². The lowest BCUT2D eigenvalue weighted by molar-refractivity contribution is -0.332. The molecule has 0 saturated carbocycles. The zero-order chi connectivity index (χ0) is 45.5. The first kappa shape index (κ1) is 55.8. The Balaban J connectivity index is 2.28. The number of carbonyl (C=O) groups is 2. The minimum absolute atomic E-state index is 0.0144. The third kappa shape index (κ3) is 22.5. The van der Waals surface area contributed by atoms with Gasteiger partial charge in [-0.15, -0.1) is 0 Å². The molecule has 1 aliphatic heterocycles. The molecule has 14 heteroatoms. The molecule has 1 saturated heterocycles. The largest absolute Gasteiger partial charge is 0.490 e. The summed E-state index contributed by atoms with van der Waals surface area (Å²) in [6.45, 7) is 8.00. The van der Waals surface area contributed by atoms with E-state index >= 15 is 0 Å². The molecule has 2 rings (SSSR count). The molecular formula is C48H85NO12S. The number of rotatable bonds is 39. The molecule has 0 aromatic heterocycles. The molecule has 0 unspecified atom stereocenters. The minimum atomic E-state index is -5.19. The van der Waals surface area contributed by atoms with Gasteiger partial charge in [-0.05, 0) is 44.4 Å². The predicted octanol–water partition coefficient (Wildman–Crippen LogP) is 11.3. The van der Waals surface area contributed by atoms with Crippen molar-refractivity contribution in [1.29, 1.82) is 0 Å². The van der Waals surface area contributed by atoms with Crippen LogP contribution in [0.4, 0.5) is 0 Å². The molecule has 0 amide bonds. The fraction of sp³-hybridized carbons (Fsp3) is 0.833. The number of ether oxygens (including phenoxy) is 4. The van der Waals surface area contributed by atoms with Crippen LogP contribution in [0.1, 0.15) is 218 Å². The quantitative estimate of drug-likeness (QED) is 0.0186. The van der Waals surface area contributed by atoms with E-state index in [1.54, 1.807) is 18.2 Å². The number of hydrogen-bond donors (Lipinski definition) is 3. The Morgan fingerprint density at radius 3 is 1.53 bits per heavy atom. The van der Waals surface area contributed by atoms with Gasteiger partial charge in [-0.25, -0.2) is 10.1 Å². The normalized spacial score (nSPS) is 20.3. The Hall–Kier alpha value is -2.33. The summed E-state index contributed by atoms with van der Waals surface area (Å²) in [5.74, 6) is 1.56. The molecular weight excluding hydrogens is 815 g/mol. The second kappa shape index (κ2) is 33.2. The average molecular weight is 900 g/mol. The number of carbonyl (C=O) groups excluding carboxylic acids is 2. The van der Waals surface area contributed by atoms with E-state index in [0.29, 0.717) is 31.1 Å². The number of Topliss-reactive ketones (excluding diaryl/α,β-unsaturated/α-hetero) is 1. The van der Waals surface area contributed by atoms with E-state index in [1.165, 1.54) is 110 Å². The van der Waals surface area contributed by atoms with Crippen LogP contribution in [-0.4, -0.2) is 73.7 Å². The second-order valence-electron chi connectivity index (χ2n) is 17.4. The van der Waals surface area contributed by atoms with Crippen molar-refractivity contribution < 1.29 is 55.6 Å². The van der Waals surface area contributed by atoms with E-state index in [9.17, 15) is 27.7 Å². The van der Waals surface area contributed by atoms with Crippen molar-refractivity contribution in [3.63, 3.8) is 0 Å². The first-order valence-corrected chi connectivity index (χ1v) is 25.8. The maximum atomic E-state index is 14.7. The Labute approximate surface area is 375 Å². The number of hydrogen-bond acceptors (Lipinski definition) is 12. The zero-order valence-electron chi connectivity index (χ0n) is 38.9. The van der Waals surface area contributed by atoms with Gasteiger partial charge in [0.1, 0.15) is 24.2 Å². The molecule has 1 fully saturated rings. The summed E-state index contributed by atoms with van der Waals surface area (Å²) in [6, 6.07) is 4.75. The first-order chi connectivity index (χ1) is 29.9. The third-order valence-electron chi connectivity index (χ3n) is 11.9. The molecule has 1 heterocycles. The van der Waals surface area contributed by atoms with Crippen molar-refractivity contribution in [2.45, 2.75) is 232 Å². The highest BCUT2D eigenvalue weighted by Crippen LogP contribution is 2.41. The number of unbranched alkanes of at least 4 members (excludes halogenated alkanes) is 24. The van der Waals surface area contributed by atoms with Gasteiger partial charge in [0, 0.05) is 12.0 Å². The van der Waals surface area contributed by atoms with Crippen LogP contribution in [0.15, 0.2) is 18.2 Å². The lowest BCUT2D eigenvalue weighted by Gasteiger charge is -2.48. The summed E-state index contributed by atoms with van der Waals surface area (Å²) in [4.78, 5) is 33.4. The molecule has 0 bridgehead atoms. The van der Waals surface area contributed by atoms with E-state index in [0.717, 1.165) is 64.2 Å². The molecule has 0 spiro atoms. The lowest BCUT2D eigenvalue weighted by atomic mass is 9.79. The molecule has 360 valence electrons. The SMILES string of the molecule is CCCCCCCCCCCCCC(=O)O[C@H]1[C@H](OS(=O)(=O)O)[C@@H](CO)O[C@](C)(ON)[C@@H]1C(=O)c1ccc(OCCCCCCCCCC)c(OCCCCCCCCCC)c1. The molecule has 4 N–H and O–H groups in total. The summed E-state index contributed by atoms with van der Waals surface area (Å²) in [7, 11) is -5.19. The number of aliphatic hydroxyl groups is 1. The number of ketones is 1. The van der Waals surface area contributed by atoms with Crippen LogP contribution in [0.2, 0.25) is 0 Å². The molecule has 13 nitrogen and oxygen atoms in total. The molecule has 5 atom stereocenters. The molecule has 0 aliphatic carbocycles. The summed E-state index contributed by atoms with van der Waals surface area (Å²) in [6.07, 6.45) is 25.1. The van der Waals surface area contributed by atoms with Crippen LogP contribution < -0.4 is 15.4 Å². The highest BCUT2D eigenvalue weighted by atomic mass is 32.3. The fourth-order valence-corrected chi connectivity index (χ4v) is 8.73. The van der Waals surface area contributed by atoms with Crippen LogP contribution in [0.3, 0.4) is 0 Å². The van der Waals surface area contributed by atoms with Gasteiger partial charge < -0.3 is 24.1 Å². The minimum Gasteiger partial charge on any atom is -0.490 e. The number of esters is 1. The Morgan fingerprint density at radius 1 is 0.661 bits per heavy atom. The highest BCUT2D eigenvalue weighted by molar-refractivity contribution is 7.80. The van der Waals surface area contributed by atoms with E-state index in [-0.39, 0.29) is 12.0 Å². The number of benzene rings is 1. The lowest BCUT2D eigenvalue weighted by Crippen LogP contribution is -2.66. The average Bonchev–Trinajstić information content (AvgIpc) is 3.25. The maximum Gasteiger partial charge on any atom is 0.397 e. The molecule has 0 radical (unpaired) electrons. The molecule has 62 heavy (non-hydrogen) atoms. The van der Waals surface area contributed by atoms with Crippen molar-refractivity contribution in [3.8, 4) is 11.5 Å². The zero-order valence-corrected chi connectivity index (χ0v) is 39.7. The van der Waals surface area contributed by atoms with Crippen LogP contribution in [-0.2, 0) is 33.7 Å². The maximum absolute atomic E-state index is 14.7. The van der Waals surface area contributed by atoms with Gasteiger partial charge in [0.15, 0.2) is 23.1 Å². The van der Waals surface area contributed by atoms with Crippen molar-refractivity contribution in [1.82, 2.24) is 0 Å². The van der Waals surface area contributed by atoms with Crippen molar-refractivity contribution in [3.05, 3.63) is 23.8 Å². The Bertz CT molecular complexity index is 1440. The predicted molar refractivity (Wildman–Crippen MR) is 243 cm³/mol. The summed E-state index contributed by atoms with van der Waals surface area (Å²) in [5.41, 5.74) is 0.103. The highest BCUT2D eigenvalue weighted by Gasteiger charge is 2.59. The van der Waals surface area contributed by atoms with Crippen molar-refractivity contribution in [2.24, 2.45) is 11.8 Å². The summed E-state index contributed by atoms with van der Waals surface area (Å²) in [5, 5.41) is 10.3. The van der Waals surface area contributed by atoms with Gasteiger partial charge in [0.25, 0.3) is 0 Å². The first-order valence-electron chi connectivity index (χ1n) is 24.4. The van der Waals surface area contributed by atoms with Gasteiger partial charge in [0.2, 0.25) is 0 Å². The Morgan fingerprint density at radius 2 is 1.10 bits per heavy atom. The summed E-state index contributed by atoms with van der Waals surface area (Å²) < 4.78 is 63.3. The monoisotopic (exact) mass is 900 g/mol. The van der Waals surface area contributed by atoms with Crippen LogP contribution in [0, 0.1) is 5.92 Å². The Kier molecular flexibility index (Phi) is 29.9. The third-order valence-corrected chi connectivity index (χ3v) is 12.4. The second-order valence-corrected chi connectivity index (χ2v) is 18.4. The summed E-state index contributed by atoms with van der Waals surface area (Å²) >= 11 is 0. The van der Waals surface area contributed by atoms with Gasteiger partial charge in [-0.3, -0.25) is 19.0 Å². The number of nitrogens with two attached hydrogens (primary N) is 1. The number of aliphatic hydroxyl groups excluding tert-OH is 1. The van der Waals surface area contributed by atoms with Crippen LogP contribution in [0.25, 0.3) is 0 Å². The van der Waals surface area contributed by atoms with E-state index in [4.69, 9.17) is 33.9 Å². The van der Waals surface area contributed by atoms with Crippen LogP contribution >= 0.6 is 0 Å². The fourth-order valence-electron chi connectivity index (χ4n) is 8.22. The topological polar surface area (TPSA) is 190 Å². The molecule has 1 aliphatic rings. The van der Waals surface area contributed by atoms with E-state index < -0.39 is 58.8 Å². The van der Waals surface area contributed by atoms with Crippen LogP contribution in [0.5, 0.6) is 11.5 Å².